The van der Waals surface area contributed by atoms with Crippen LogP contribution in [0.2, 0.25) is 0 Å². The lowest BCUT2D eigenvalue weighted by Gasteiger charge is -2.29. The van der Waals surface area contributed by atoms with E-state index in [0.717, 1.165) is 12.0 Å². The van der Waals surface area contributed by atoms with Crippen LogP contribution >= 0.6 is 0 Å². The van der Waals surface area contributed by atoms with Gasteiger partial charge in [-0.3, -0.25) is 0 Å². The summed E-state index contributed by atoms with van der Waals surface area (Å²) in [6, 6.07) is 22.3. The number of benzene rings is 3. The highest BCUT2D eigenvalue weighted by molar-refractivity contribution is 5.80. The Kier molecular flexibility index (Phi) is 5.82. The zero-order valence-electron chi connectivity index (χ0n) is 20.3. The average Bonchev–Trinajstić information content (AvgIpc) is 2.80. The molecule has 162 valence electrons. The summed E-state index contributed by atoms with van der Waals surface area (Å²) in [5.74, 6) is 0. The van der Waals surface area contributed by atoms with Crippen molar-refractivity contribution in [1.29, 1.82) is 0 Å². The minimum absolute atomic E-state index is 0.0948. The van der Waals surface area contributed by atoms with Gasteiger partial charge >= 0.3 is 0 Å². The standard InChI is InChI=1S/C32H34/c1-21-12-8-10-14-27(21)28-18-24(4)29(19-23(28)3)30-20-26-13-9-11-15-31(26)32(6,7)25(5)17-16-22(30)2/h8-19H,5,20H2,1-4,6-7H3/b17-16-,30-22+. The number of hydrogen-bond acceptors (Lipinski definition) is 0. The van der Waals surface area contributed by atoms with Crippen molar-refractivity contribution in [2.24, 2.45) is 0 Å². The molecular weight excluding hydrogens is 384 g/mol. The molecule has 3 aromatic carbocycles. The molecular formula is C32H34. The van der Waals surface area contributed by atoms with Crippen molar-refractivity contribution in [2.75, 3.05) is 0 Å². The molecule has 32 heavy (non-hydrogen) atoms. The summed E-state index contributed by atoms with van der Waals surface area (Å²) in [5.41, 5.74) is 14.5. The van der Waals surface area contributed by atoms with E-state index in [2.05, 4.69) is 121 Å². The number of fused-ring (bicyclic) bond motifs is 1. The molecule has 0 N–H and O–H groups in total. The lowest BCUT2D eigenvalue weighted by molar-refractivity contribution is 0.635. The van der Waals surface area contributed by atoms with Crippen molar-refractivity contribution in [1.82, 2.24) is 0 Å². The van der Waals surface area contributed by atoms with E-state index >= 15 is 0 Å². The molecule has 0 aliphatic heterocycles. The van der Waals surface area contributed by atoms with Crippen molar-refractivity contribution in [3.05, 3.63) is 124 Å². The van der Waals surface area contributed by atoms with Gasteiger partial charge in [-0.1, -0.05) is 93.2 Å². The highest BCUT2D eigenvalue weighted by Crippen LogP contribution is 2.39. The van der Waals surface area contributed by atoms with Crippen LogP contribution in [-0.2, 0) is 11.8 Å². The van der Waals surface area contributed by atoms with Gasteiger partial charge in [0, 0.05) is 5.41 Å². The van der Waals surface area contributed by atoms with Crippen molar-refractivity contribution < 1.29 is 0 Å². The topological polar surface area (TPSA) is 0 Å². The maximum Gasteiger partial charge on any atom is 0.0143 e. The molecule has 0 radical (unpaired) electrons. The summed E-state index contributed by atoms with van der Waals surface area (Å²) in [7, 11) is 0. The highest BCUT2D eigenvalue weighted by atomic mass is 14.3. The third kappa shape index (κ3) is 3.91. The first-order chi connectivity index (χ1) is 15.2. The van der Waals surface area contributed by atoms with E-state index in [1.165, 1.54) is 55.7 Å². The molecule has 0 heterocycles. The van der Waals surface area contributed by atoms with Crippen LogP contribution < -0.4 is 0 Å². The number of hydrogen-bond donors (Lipinski definition) is 0. The third-order valence-electron chi connectivity index (χ3n) is 7.20. The largest absolute Gasteiger partial charge is 0.0949 e. The van der Waals surface area contributed by atoms with Gasteiger partial charge in [-0.2, -0.15) is 0 Å². The van der Waals surface area contributed by atoms with E-state index < -0.39 is 0 Å². The molecule has 1 aliphatic rings. The Bertz CT molecular complexity index is 1260. The lowest BCUT2D eigenvalue weighted by atomic mass is 9.75. The van der Waals surface area contributed by atoms with Crippen LogP contribution in [0, 0.1) is 20.8 Å². The maximum atomic E-state index is 4.42. The van der Waals surface area contributed by atoms with Crippen molar-refractivity contribution in [3.8, 4) is 11.1 Å². The minimum atomic E-state index is -0.0948. The Balaban J connectivity index is 1.89. The maximum absolute atomic E-state index is 4.42. The zero-order valence-corrected chi connectivity index (χ0v) is 20.3. The molecule has 0 atom stereocenters. The van der Waals surface area contributed by atoms with Crippen LogP contribution in [0.25, 0.3) is 16.7 Å². The minimum Gasteiger partial charge on any atom is -0.0949 e. The molecule has 1 aliphatic carbocycles. The predicted octanol–water partition coefficient (Wildman–Crippen LogP) is 8.70. The normalized spacial score (nSPS) is 19.0. The first-order valence-electron chi connectivity index (χ1n) is 11.5. The third-order valence-corrected chi connectivity index (χ3v) is 7.20. The van der Waals surface area contributed by atoms with Crippen LogP contribution in [-0.4, -0.2) is 0 Å². The zero-order chi connectivity index (χ0) is 23.0. The Hall–Kier alpha value is -3.12. The van der Waals surface area contributed by atoms with Gasteiger partial charge in [0.15, 0.2) is 0 Å². The number of aryl methyl sites for hydroxylation is 3. The van der Waals surface area contributed by atoms with Gasteiger partial charge in [0.05, 0.1) is 0 Å². The molecule has 0 nitrogen and oxygen atoms in total. The molecule has 4 rings (SSSR count). The summed E-state index contributed by atoms with van der Waals surface area (Å²) in [5, 5.41) is 0. The highest BCUT2D eigenvalue weighted by Gasteiger charge is 2.27. The summed E-state index contributed by atoms with van der Waals surface area (Å²) in [6.07, 6.45) is 5.39. The molecule has 0 spiro atoms. The Labute approximate surface area is 194 Å². The first-order valence-corrected chi connectivity index (χ1v) is 11.5. The van der Waals surface area contributed by atoms with Gasteiger partial charge in [0.2, 0.25) is 0 Å². The second kappa shape index (κ2) is 8.43. The molecule has 3 aromatic rings. The van der Waals surface area contributed by atoms with Gasteiger partial charge in [-0.15, -0.1) is 0 Å². The fraction of sp³-hybridized carbons (Fsp3) is 0.250. The molecule has 0 heteroatoms. The summed E-state index contributed by atoms with van der Waals surface area (Å²) in [6.45, 7) is 17.9. The van der Waals surface area contributed by atoms with Crippen LogP contribution in [0.3, 0.4) is 0 Å². The summed E-state index contributed by atoms with van der Waals surface area (Å²) >= 11 is 0. The number of allylic oxidation sites excluding steroid dienone is 5. The van der Waals surface area contributed by atoms with E-state index in [9.17, 15) is 0 Å². The quantitative estimate of drug-likeness (QED) is 0.390. The lowest BCUT2D eigenvalue weighted by Crippen LogP contribution is -2.20. The number of rotatable bonds is 2. The second-order valence-corrected chi connectivity index (χ2v) is 9.78. The van der Waals surface area contributed by atoms with Gasteiger partial charge in [0.1, 0.15) is 0 Å². The van der Waals surface area contributed by atoms with Gasteiger partial charge < -0.3 is 0 Å². The van der Waals surface area contributed by atoms with E-state index in [-0.39, 0.29) is 5.41 Å². The smallest absolute Gasteiger partial charge is 0.0143 e. The Morgan fingerprint density at radius 2 is 1.31 bits per heavy atom. The molecule has 0 aromatic heterocycles. The van der Waals surface area contributed by atoms with E-state index in [1.807, 2.05) is 0 Å². The van der Waals surface area contributed by atoms with E-state index in [1.54, 1.807) is 0 Å². The average molecular weight is 419 g/mol. The van der Waals surface area contributed by atoms with Crippen LogP contribution in [0.15, 0.2) is 90.5 Å². The molecule has 0 bridgehead atoms. The fourth-order valence-corrected chi connectivity index (χ4v) is 4.94. The van der Waals surface area contributed by atoms with E-state index in [0.29, 0.717) is 0 Å². The molecule has 0 amide bonds. The van der Waals surface area contributed by atoms with Crippen LogP contribution in [0.5, 0.6) is 0 Å². The molecule has 0 fully saturated rings. The molecule has 0 saturated heterocycles. The van der Waals surface area contributed by atoms with Gasteiger partial charge in [-0.25, -0.2) is 0 Å². The SMILES string of the molecule is C=C1/C=C\C(C)=C(\c2cc(C)c(-c3ccccc3C)cc2C)Cc2ccccc2C1(C)C. The first kappa shape index (κ1) is 22.1. The monoisotopic (exact) mass is 418 g/mol. The van der Waals surface area contributed by atoms with Crippen molar-refractivity contribution >= 4 is 5.57 Å². The molecule has 0 saturated carbocycles. The predicted molar refractivity (Wildman–Crippen MR) is 140 cm³/mol. The summed E-state index contributed by atoms with van der Waals surface area (Å²) in [4.78, 5) is 0. The van der Waals surface area contributed by atoms with Crippen molar-refractivity contribution in [3.63, 3.8) is 0 Å². The Morgan fingerprint density at radius 1 is 0.688 bits per heavy atom. The summed E-state index contributed by atoms with van der Waals surface area (Å²) < 4.78 is 0. The van der Waals surface area contributed by atoms with Crippen LogP contribution in [0.1, 0.15) is 54.2 Å². The fourth-order valence-electron chi connectivity index (χ4n) is 4.94. The Morgan fingerprint density at radius 3 is 2.06 bits per heavy atom. The second-order valence-electron chi connectivity index (χ2n) is 9.78. The van der Waals surface area contributed by atoms with Gasteiger partial charge in [0.25, 0.3) is 0 Å². The van der Waals surface area contributed by atoms with Crippen molar-refractivity contribution in [2.45, 2.75) is 53.4 Å². The molecule has 0 unspecified atom stereocenters. The van der Waals surface area contributed by atoms with Gasteiger partial charge in [-0.05, 0) is 95.3 Å². The van der Waals surface area contributed by atoms with Crippen LogP contribution in [0.4, 0.5) is 0 Å². The van der Waals surface area contributed by atoms with E-state index in [4.69, 9.17) is 0 Å².